The van der Waals surface area contributed by atoms with Gasteiger partial charge in [-0.1, -0.05) is 46.4 Å². The molecule has 0 radical (unpaired) electrons. The van der Waals surface area contributed by atoms with E-state index in [0.29, 0.717) is 0 Å². The van der Waals surface area contributed by atoms with Crippen molar-refractivity contribution in [1.82, 2.24) is 4.98 Å². The Bertz CT molecular complexity index is 475. The van der Waals surface area contributed by atoms with Crippen LogP contribution in [0.25, 0.3) is 0 Å². The molecule has 9 heteroatoms. The largest absolute Gasteiger partial charge is 0.285 e. The third-order valence-electron chi connectivity index (χ3n) is 1.42. The molecule has 84 valence electrons. The van der Waals surface area contributed by atoms with Gasteiger partial charge in [0.2, 0.25) is 0 Å². The van der Waals surface area contributed by atoms with Gasteiger partial charge in [-0.15, -0.1) is 0 Å². The minimum atomic E-state index is -4.27. The van der Waals surface area contributed by atoms with Gasteiger partial charge in [0.25, 0.3) is 10.1 Å². The van der Waals surface area contributed by atoms with Gasteiger partial charge in [-0.05, 0) is 0 Å². The van der Waals surface area contributed by atoms with Crippen LogP contribution in [0.5, 0.6) is 0 Å². The fourth-order valence-corrected chi connectivity index (χ4v) is 2.55. The summed E-state index contributed by atoms with van der Waals surface area (Å²) in [5, 5.41) is -0.651. The Morgan fingerprint density at radius 2 is 1.47 bits per heavy atom. The fourth-order valence-electron chi connectivity index (χ4n) is 0.839. The van der Waals surface area contributed by atoms with Crippen LogP contribution in [-0.4, -0.2) is 18.0 Å². The number of rotatable bonds is 2. The third kappa shape index (κ3) is 3.34. The molecule has 0 saturated carbocycles. The van der Waals surface area contributed by atoms with Gasteiger partial charge in [0.15, 0.2) is 0 Å². The van der Waals surface area contributed by atoms with Gasteiger partial charge in [0.05, 0.1) is 10.0 Å². The highest BCUT2D eigenvalue weighted by atomic mass is 35.5. The second kappa shape index (κ2) is 4.61. The van der Waals surface area contributed by atoms with Gasteiger partial charge in [0, 0.05) is 5.56 Å². The summed E-state index contributed by atoms with van der Waals surface area (Å²) in [5.74, 6) is -0.771. The normalized spacial score (nSPS) is 11.8. The van der Waals surface area contributed by atoms with Crippen LogP contribution in [0.3, 0.4) is 0 Å². The van der Waals surface area contributed by atoms with Crippen LogP contribution in [0, 0.1) is 0 Å². The summed E-state index contributed by atoms with van der Waals surface area (Å²) in [6, 6.07) is 0. The first-order valence-electron chi connectivity index (χ1n) is 3.36. The number of halogens is 4. The highest BCUT2D eigenvalue weighted by Crippen LogP contribution is 2.35. The molecule has 0 saturated heterocycles. The Morgan fingerprint density at radius 1 is 1.07 bits per heavy atom. The lowest BCUT2D eigenvalue weighted by atomic mass is 10.3. The lowest BCUT2D eigenvalue weighted by Crippen LogP contribution is -2.04. The van der Waals surface area contributed by atoms with Crippen LogP contribution < -0.4 is 0 Å². The molecule has 15 heavy (non-hydrogen) atoms. The van der Waals surface area contributed by atoms with Gasteiger partial charge < -0.3 is 0 Å². The molecule has 0 bridgehead atoms. The minimum absolute atomic E-state index is 0.0779. The Kier molecular flexibility index (Phi) is 4.08. The number of pyridine rings is 1. The standard InChI is InChI=1S/C6H3Cl4NO3S/c7-3-2(1-15(12,13)14)4(8)6(10)11-5(3)9/h1H2,(H,12,13,14). The van der Waals surface area contributed by atoms with Crippen LogP contribution in [0.4, 0.5) is 0 Å². The molecule has 1 aromatic rings. The molecule has 1 heterocycles. The molecular formula is C6H3Cl4NO3S. The van der Waals surface area contributed by atoms with E-state index in [2.05, 4.69) is 4.98 Å². The second-order valence-corrected chi connectivity index (χ2v) is 5.45. The van der Waals surface area contributed by atoms with Crippen molar-refractivity contribution >= 4 is 56.5 Å². The number of hydrogen-bond donors (Lipinski definition) is 1. The van der Waals surface area contributed by atoms with E-state index >= 15 is 0 Å². The maximum Gasteiger partial charge on any atom is 0.269 e. The Labute approximate surface area is 106 Å². The first kappa shape index (κ1) is 13.3. The molecule has 0 unspecified atom stereocenters. The van der Waals surface area contributed by atoms with E-state index in [4.69, 9.17) is 51.0 Å². The maximum absolute atomic E-state index is 10.7. The number of aromatic nitrogens is 1. The van der Waals surface area contributed by atoms with E-state index in [1.807, 2.05) is 0 Å². The van der Waals surface area contributed by atoms with Crippen LogP contribution in [-0.2, 0) is 15.9 Å². The first-order valence-corrected chi connectivity index (χ1v) is 6.48. The maximum atomic E-state index is 10.7. The molecule has 0 aliphatic rings. The van der Waals surface area contributed by atoms with Crippen molar-refractivity contribution in [2.75, 3.05) is 0 Å². The van der Waals surface area contributed by atoms with Gasteiger partial charge in [-0.25, -0.2) is 4.98 Å². The molecule has 1 N–H and O–H groups in total. The lowest BCUT2D eigenvalue weighted by molar-refractivity contribution is 0.482. The predicted molar refractivity (Wildman–Crippen MR) is 59.5 cm³/mol. The van der Waals surface area contributed by atoms with E-state index < -0.39 is 15.9 Å². The van der Waals surface area contributed by atoms with E-state index in [9.17, 15) is 8.42 Å². The monoisotopic (exact) mass is 309 g/mol. The Balaban J connectivity index is 3.40. The summed E-state index contributed by atoms with van der Waals surface area (Å²) in [5.41, 5.74) is -0.0779. The second-order valence-electron chi connectivity index (χ2n) is 2.53. The molecule has 0 spiro atoms. The van der Waals surface area contributed by atoms with Gasteiger partial charge in [-0.2, -0.15) is 8.42 Å². The molecule has 4 nitrogen and oxygen atoms in total. The SMILES string of the molecule is O=S(=O)(O)Cc1c(Cl)c(Cl)nc(Cl)c1Cl. The quantitative estimate of drug-likeness (QED) is 0.673. The molecular weight excluding hydrogens is 308 g/mol. The molecule has 0 fully saturated rings. The van der Waals surface area contributed by atoms with Crippen molar-refractivity contribution in [2.45, 2.75) is 5.75 Å². The summed E-state index contributed by atoms with van der Waals surface area (Å²) in [4.78, 5) is 3.55. The highest BCUT2D eigenvalue weighted by Gasteiger charge is 2.19. The van der Waals surface area contributed by atoms with Crippen LogP contribution in [0.2, 0.25) is 20.4 Å². The average Bonchev–Trinajstić information content (AvgIpc) is 2.08. The first-order chi connectivity index (χ1) is 6.72. The van der Waals surface area contributed by atoms with Crippen molar-refractivity contribution in [2.24, 2.45) is 0 Å². The summed E-state index contributed by atoms with van der Waals surface area (Å²) in [7, 11) is -4.27. The van der Waals surface area contributed by atoms with Gasteiger partial charge in [-0.3, -0.25) is 4.55 Å². The van der Waals surface area contributed by atoms with Gasteiger partial charge in [0.1, 0.15) is 16.1 Å². The topological polar surface area (TPSA) is 67.3 Å². The van der Waals surface area contributed by atoms with E-state index in [-0.39, 0.29) is 25.9 Å². The summed E-state index contributed by atoms with van der Waals surface area (Å²) in [6.07, 6.45) is 0. The predicted octanol–water partition coefficient (Wildman–Crippen LogP) is 3.08. The number of hydrogen-bond acceptors (Lipinski definition) is 3. The van der Waals surface area contributed by atoms with Crippen LogP contribution in [0.1, 0.15) is 5.56 Å². The highest BCUT2D eigenvalue weighted by molar-refractivity contribution is 7.85. The molecule has 1 rings (SSSR count). The molecule has 0 atom stereocenters. The minimum Gasteiger partial charge on any atom is -0.285 e. The summed E-state index contributed by atoms with van der Waals surface area (Å²) >= 11 is 22.4. The third-order valence-corrected chi connectivity index (χ3v) is 3.62. The molecule has 0 amide bonds. The Morgan fingerprint density at radius 3 is 1.80 bits per heavy atom. The van der Waals surface area contributed by atoms with Crippen LogP contribution >= 0.6 is 46.4 Å². The summed E-state index contributed by atoms with van der Waals surface area (Å²) in [6.45, 7) is 0. The zero-order chi connectivity index (χ0) is 11.8. The average molecular weight is 311 g/mol. The van der Waals surface area contributed by atoms with Crippen molar-refractivity contribution in [3.8, 4) is 0 Å². The zero-order valence-corrected chi connectivity index (χ0v) is 10.7. The molecule has 1 aromatic heterocycles. The van der Waals surface area contributed by atoms with E-state index in [1.165, 1.54) is 0 Å². The van der Waals surface area contributed by atoms with E-state index in [0.717, 1.165) is 0 Å². The molecule has 0 aliphatic heterocycles. The number of nitrogens with zero attached hydrogens (tertiary/aromatic N) is 1. The lowest BCUT2D eigenvalue weighted by Gasteiger charge is -2.07. The van der Waals surface area contributed by atoms with E-state index in [1.54, 1.807) is 0 Å². The van der Waals surface area contributed by atoms with Crippen molar-refractivity contribution in [1.29, 1.82) is 0 Å². The zero-order valence-electron chi connectivity index (χ0n) is 6.84. The van der Waals surface area contributed by atoms with Crippen molar-refractivity contribution < 1.29 is 13.0 Å². The summed E-state index contributed by atoms with van der Waals surface area (Å²) < 4.78 is 30.0. The fraction of sp³-hybridized carbons (Fsp3) is 0.167. The molecule has 0 aromatic carbocycles. The van der Waals surface area contributed by atoms with Crippen molar-refractivity contribution in [3.63, 3.8) is 0 Å². The smallest absolute Gasteiger partial charge is 0.269 e. The van der Waals surface area contributed by atoms with Crippen LogP contribution in [0.15, 0.2) is 0 Å². The van der Waals surface area contributed by atoms with Gasteiger partial charge >= 0.3 is 0 Å². The van der Waals surface area contributed by atoms with Crippen molar-refractivity contribution in [3.05, 3.63) is 25.9 Å². The molecule has 0 aliphatic carbocycles. The Hall–Kier alpha value is 0.220.